The van der Waals surface area contributed by atoms with Crippen LogP contribution in [0.2, 0.25) is 0 Å². The van der Waals surface area contributed by atoms with Crippen molar-refractivity contribution in [1.82, 2.24) is 4.98 Å². The maximum Gasteiger partial charge on any atom is 0.311 e. The van der Waals surface area contributed by atoms with Gasteiger partial charge in [-0.2, -0.15) is 0 Å². The van der Waals surface area contributed by atoms with Crippen LogP contribution in [-0.2, 0) is 0 Å². The molecular weight excluding hydrogens is 198 g/mol. The van der Waals surface area contributed by atoms with Gasteiger partial charge in [-0.25, -0.2) is 4.98 Å². The molecule has 15 heavy (non-hydrogen) atoms. The monoisotopic (exact) mass is 211 g/mol. The van der Waals surface area contributed by atoms with E-state index in [1.54, 1.807) is 0 Å². The Bertz CT molecular complexity index is 355. The predicted octanol–water partition coefficient (Wildman–Crippen LogP) is 0.333. The van der Waals surface area contributed by atoms with E-state index in [1.165, 1.54) is 12.1 Å². The molecule has 0 fully saturated rings. The second-order valence-corrected chi connectivity index (χ2v) is 2.93. The lowest BCUT2D eigenvalue weighted by molar-refractivity contribution is -0.384. The Labute approximate surface area is 86.6 Å². The topological polar surface area (TPSA) is 120 Å². The summed E-state index contributed by atoms with van der Waals surface area (Å²) in [5.74, 6) is 0.435. The van der Waals surface area contributed by atoms with Crippen molar-refractivity contribution in [3.05, 3.63) is 22.2 Å². The van der Waals surface area contributed by atoms with E-state index in [1.807, 2.05) is 0 Å². The highest BCUT2D eigenvalue weighted by atomic mass is 16.6. The number of anilines is 2. The molecule has 0 aliphatic rings. The first-order valence-corrected chi connectivity index (χ1v) is 4.50. The molecular formula is C8H13N5O2. The first-order chi connectivity index (χ1) is 7.15. The fourth-order valence-corrected chi connectivity index (χ4v) is 1.04. The van der Waals surface area contributed by atoms with Crippen LogP contribution in [0.15, 0.2) is 12.1 Å². The third kappa shape index (κ3) is 3.06. The van der Waals surface area contributed by atoms with Gasteiger partial charge in [0.1, 0.15) is 5.82 Å². The summed E-state index contributed by atoms with van der Waals surface area (Å²) in [5.41, 5.74) is 10.5. The number of rotatable bonds is 5. The highest BCUT2D eigenvalue weighted by Gasteiger charge is 2.12. The Morgan fingerprint density at radius 1 is 1.53 bits per heavy atom. The van der Waals surface area contributed by atoms with Crippen molar-refractivity contribution in [3.63, 3.8) is 0 Å². The lowest BCUT2D eigenvalue weighted by Crippen LogP contribution is -2.10. The highest BCUT2D eigenvalue weighted by Crippen LogP contribution is 2.20. The maximum atomic E-state index is 10.4. The summed E-state index contributed by atoms with van der Waals surface area (Å²) in [6, 6.07) is 2.85. The molecule has 5 N–H and O–H groups in total. The molecule has 0 bridgehead atoms. The third-order valence-electron chi connectivity index (χ3n) is 1.79. The van der Waals surface area contributed by atoms with Crippen LogP contribution in [0.3, 0.4) is 0 Å². The summed E-state index contributed by atoms with van der Waals surface area (Å²) in [4.78, 5) is 13.7. The fourth-order valence-electron chi connectivity index (χ4n) is 1.04. The van der Waals surface area contributed by atoms with Gasteiger partial charge in [-0.1, -0.05) is 0 Å². The predicted molar refractivity (Wildman–Crippen MR) is 57.5 cm³/mol. The van der Waals surface area contributed by atoms with Crippen molar-refractivity contribution in [3.8, 4) is 0 Å². The Morgan fingerprint density at radius 2 is 2.27 bits per heavy atom. The van der Waals surface area contributed by atoms with E-state index in [-0.39, 0.29) is 11.5 Å². The van der Waals surface area contributed by atoms with Gasteiger partial charge in [0.05, 0.1) is 4.92 Å². The molecule has 1 heterocycles. The van der Waals surface area contributed by atoms with Crippen molar-refractivity contribution >= 4 is 17.3 Å². The number of hydrogen-bond acceptors (Lipinski definition) is 6. The van der Waals surface area contributed by atoms with Gasteiger partial charge in [0.15, 0.2) is 0 Å². The Hall–Kier alpha value is -1.89. The average Bonchev–Trinajstić information content (AvgIpc) is 2.17. The molecule has 1 aromatic heterocycles. The summed E-state index contributed by atoms with van der Waals surface area (Å²) in [5, 5.41) is 13.4. The normalized spacial score (nSPS) is 9.93. The minimum atomic E-state index is -0.563. The van der Waals surface area contributed by atoms with Gasteiger partial charge in [-0.05, 0) is 19.0 Å². The van der Waals surface area contributed by atoms with Gasteiger partial charge in [0, 0.05) is 12.6 Å². The summed E-state index contributed by atoms with van der Waals surface area (Å²) in [6.45, 7) is 1.25. The Kier molecular flexibility index (Phi) is 3.81. The van der Waals surface area contributed by atoms with Crippen LogP contribution in [0, 0.1) is 10.1 Å². The molecule has 1 aromatic rings. The van der Waals surface area contributed by atoms with Gasteiger partial charge in [0.2, 0.25) is 5.82 Å². The number of nitrogen functional groups attached to an aromatic ring is 1. The zero-order valence-corrected chi connectivity index (χ0v) is 8.14. The van der Waals surface area contributed by atoms with E-state index >= 15 is 0 Å². The molecule has 0 saturated carbocycles. The summed E-state index contributed by atoms with van der Waals surface area (Å²) in [7, 11) is 0. The molecule has 0 spiro atoms. The van der Waals surface area contributed by atoms with Gasteiger partial charge >= 0.3 is 5.69 Å². The van der Waals surface area contributed by atoms with Crippen molar-refractivity contribution in [2.24, 2.45) is 5.73 Å². The largest absolute Gasteiger partial charge is 0.378 e. The third-order valence-corrected chi connectivity index (χ3v) is 1.79. The van der Waals surface area contributed by atoms with Gasteiger partial charge < -0.3 is 16.8 Å². The van der Waals surface area contributed by atoms with E-state index in [0.717, 1.165) is 6.42 Å². The number of nitro groups is 1. The van der Waals surface area contributed by atoms with Crippen LogP contribution in [0.5, 0.6) is 0 Å². The van der Waals surface area contributed by atoms with Crippen LogP contribution < -0.4 is 16.8 Å². The molecule has 0 aromatic carbocycles. The van der Waals surface area contributed by atoms with Crippen LogP contribution in [0.25, 0.3) is 0 Å². The molecule has 7 heteroatoms. The second kappa shape index (κ2) is 5.11. The maximum absolute atomic E-state index is 10.4. The lowest BCUT2D eigenvalue weighted by atomic mass is 10.3. The molecule has 0 radical (unpaired) electrons. The molecule has 1 rings (SSSR count). The fraction of sp³-hybridized carbons (Fsp3) is 0.375. The summed E-state index contributed by atoms with van der Waals surface area (Å²) < 4.78 is 0. The van der Waals surface area contributed by atoms with Crippen LogP contribution in [0.4, 0.5) is 17.3 Å². The first kappa shape index (κ1) is 11.2. The van der Waals surface area contributed by atoms with Crippen molar-refractivity contribution in [2.45, 2.75) is 6.42 Å². The number of aromatic nitrogens is 1. The molecule has 82 valence electrons. The number of nitrogens with zero attached hydrogens (tertiary/aromatic N) is 2. The molecule has 0 saturated heterocycles. The Morgan fingerprint density at radius 3 is 2.80 bits per heavy atom. The molecule has 0 atom stereocenters. The van der Waals surface area contributed by atoms with E-state index in [4.69, 9.17) is 11.5 Å². The second-order valence-electron chi connectivity index (χ2n) is 2.93. The van der Waals surface area contributed by atoms with Gasteiger partial charge in [0.25, 0.3) is 0 Å². The van der Waals surface area contributed by atoms with E-state index < -0.39 is 4.92 Å². The molecule has 7 nitrogen and oxygen atoms in total. The van der Waals surface area contributed by atoms with Gasteiger partial charge in [-0.3, -0.25) is 10.1 Å². The van der Waals surface area contributed by atoms with Crippen molar-refractivity contribution < 1.29 is 4.92 Å². The van der Waals surface area contributed by atoms with E-state index in [9.17, 15) is 10.1 Å². The van der Waals surface area contributed by atoms with Crippen LogP contribution in [0.1, 0.15) is 6.42 Å². The number of nitrogens with one attached hydrogen (secondary N) is 1. The quantitative estimate of drug-likeness (QED) is 0.366. The standard InChI is InChI=1S/C8H13N5O2/c9-4-1-5-11-7-3-2-6(13(14)15)8(10)12-7/h2-3H,1,4-5,9H2,(H3,10,11,12). The van der Waals surface area contributed by atoms with Gasteiger partial charge in [-0.15, -0.1) is 0 Å². The van der Waals surface area contributed by atoms with E-state index in [0.29, 0.717) is 18.9 Å². The highest BCUT2D eigenvalue weighted by molar-refractivity contribution is 5.57. The lowest BCUT2D eigenvalue weighted by Gasteiger charge is -2.04. The number of pyridine rings is 1. The molecule has 0 unspecified atom stereocenters. The van der Waals surface area contributed by atoms with Crippen molar-refractivity contribution in [2.75, 3.05) is 24.1 Å². The van der Waals surface area contributed by atoms with Crippen LogP contribution in [-0.4, -0.2) is 23.0 Å². The molecule has 0 aliphatic heterocycles. The Balaban J connectivity index is 2.69. The molecule has 0 amide bonds. The minimum Gasteiger partial charge on any atom is -0.378 e. The zero-order chi connectivity index (χ0) is 11.3. The zero-order valence-electron chi connectivity index (χ0n) is 8.14. The summed E-state index contributed by atoms with van der Waals surface area (Å²) >= 11 is 0. The smallest absolute Gasteiger partial charge is 0.311 e. The average molecular weight is 211 g/mol. The van der Waals surface area contributed by atoms with Crippen molar-refractivity contribution in [1.29, 1.82) is 0 Å². The SMILES string of the molecule is NCCCNc1ccc([N+](=O)[O-])c(N)n1. The van der Waals surface area contributed by atoms with E-state index in [2.05, 4.69) is 10.3 Å². The first-order valence-electron chi connectivity index (χ1n) is 4.50. The summed E-state index contributed by atoms with van der Waals surface area (Å²) in [6.07, 6.45) is 0.804. The number of hydrogen-bond donors (Lipinski definition) is 3. The number of nitrogens with two attached hydrogens (primary N) is 2. The minimum absolute atomic E-state index is 0.0854. The molecule has 0 aliphatic carbocycles. The van der Waals surface area contributed by atoms with Crippen LogP contribution >= 0.6 is 0 Å².